The van der Waals surface area contributed by atoms with Gasteiger partial charge in [0.1, 0.15) is 0 Å². The Hall–Kier alpha value is -2.21. The number of rotatable bonds is 4. The predicted octanol–water partition coefficient (Wildman–Crippen LogP) is 3.26. The van der Waals surface area contributed by atoms with Gasteiger partial charge in [0, 0.05) is 34.5 Å². The van der Waals surface area contributed by atoms with Crippen LogP contribution in [0.2, 0.25) is 0 Å². The number of halogens is 1. The molecule has 106 valence electrons. The third-order valence-electron chi connectivity index (χ3n) is 3.04. The zero-order chi connectivity index (χ0) is 14.7. The molecule has 0 fully saturated rings. The summed E-state index contributed by atoms with van der Waals surface area (Å²) in [5, 5.41) is 3.99. The maximum atomic E-state index is 5.66. The minimum absolute atomic E-state index is 0.552. The molecule has 2 N–H and O–H groups in total. The average molecular weight is 345 g/mol. The van der Waals surface area contributed by atoms with Crippen LogP contribution in [0.5, 0.6) is 0 Å². The Balaban J connectivity index is 1.69. The van der Waals surface area contributed by atoms with Crippen molar-refractivity contribution in [3.05, 3.63) is 58.7 Å². The molecule has 0 unspecified atom stereocenters. The monoisotopic (exact) mass is 344 g/mol. The Morgan fingerprint density at radius 1 is 1.10 bits per heavy atom. The second-order valence-corrected chi connectivity index (χ2v) is 5.56. The van der Waals surface area contributed by atoms with Crippen LogP contribution in [-0.4, -0.2) is 15.1 Å². The summed E-state index contributed by atoms with van der Waals surface area (Å²) in [6, 6.07) is 9.70. The summed E-state index contributed by atoms with van der Waals surface area (Å²) in [7, 11) is 0. The highest BCUT2D eigenvalue weighted by molar-refractivity contribution is 9.10. The molecule has 3 rings (SSSR count). The molecule has 0 saturated carbocycles. The van der Waals surface area contributed by atoms with Crippen LogP contribution >= 0.6 is 15.9 Å². The van der Waals surface area contributed by atoms with Crippen LogP contribution in [0.3, 0.4) is 0 Å². The number of hydrogen-bond donors (Lipinski definition) is 1. The van der Waals surface area contributed by atoms with Crippen molar-refractivity contribution in [2.45, 2.75) is 12.8 Å². The van der Waals surface area contributed by atoms with E-state index in [-0.39, 0.29) is 0 Å². The van der Waals surface area contributed by atoms with Crippen molar-refractivity contribution in [3.63, 3.8) is 0 Å². The third kappa shape index (κ3) is 3.46. The maximum absolute atomic E-state index is 5.66. The summed E-state index contributed by atoms with van der Waals surface area (Å²) in [4.78, 5) is 8.48. The minimum atomic E-state index is 0.552. The first-order valence-electron chi connectivity index (χ1n) is 6.48. The number of hydrogen-bond acceptors (Lipinski definition) is 5. The van der Waals surface area contributed by atoms with Crippen LogP contribution in [-0.2, 0) is 12.8 Å². The van der Waals surface area contributed by atoms with Gasteiger partial charge in [0.15, 0.2) is 0 Å². The summed E-state index contributed by atoms with van der Waals surface area (Å²) in [6.45, 7) is 0. The quantitative estimate of drug-likeness (QED) is 0.735. The molecule has 0 aliphatic rings. The summed E-state index contributed by atoms with van der Waals surface area (Å²) < 4.78 is 6.16. The highest BCUT2D eigenvalue weighted by atomic mass is 79.9. The molecule has 0 spiro atoms. The molecule has 2 aromatic heterocycles. The number of anilines is 1. The average Bonchev–Trinajstić information content (AvgIpc) is 2.96. The molecule has 5 nitrogen and oxygen atoms in total. The van der Waals surface area contributed by atoms with Gasteiger partial charge >= 0.3 is 0 Å². The fourth-order valence-corrected chi connectivity index (χ4v) is 2.31. The topological polar surface area (TPSA) is 77.8 Å². The molecule has 0 aliphatic carbocycles. The SMILES string of the molecule is Nc1ccc(CCc2nc(-c3cncc(Br)c3)no2)cc1. The van der Waals surface area contributed by atoms with Crippen LogP contribution in [0.15, 0.2) is 51.7 Å². The number of aromatic nitrogens is 3. The molecule has 1 aromatic carbocycles. The molecular weight excluding hydrogens is 332 g/mol. The van der Waals surface area contributed by atoms with Gasteiger partial charge in [-0.1, -0.05) is 17.3 Å². The summed E-state index contributed by atoms with van der Waals surface area (Å²) >= 11 is 3.37. The van der Waals surface area contributed by atoms with Crippen molar-refractivity contribution in [2.75, 3.05) is 5.73 Å². The molecule has 0 aliphatic heterocycles. The van der Waals surface area contributed by atoms with E-state index in [0.29, 0.717) is 18.1 Å². The van der Waals surface area contributed by atoms with Gasteiger partial charge in [0.25, 0.3) is 0 Å². The van der Waals surface area contributed by atoms with Gasteiger partial charge in [-0.05, 0) is 46.1 Å². The van der Waals surface area contributed by atoms with E-state index < -0.39 is 0 Å². The Morgan fingerprint density at radius 2 is 1.90 bits per heavy atom. The normalized spacial score (nSPS) is 10.7. The van der Waals surface area contributed by atoms with E-state index in [1.807, 2.05) is 30.3 Å². The van der Waals surface area contributed by atoms with E-state index in [0.717, 1.165) is 22.1 Å². The highest BCUT2D eigenvalue weighted by Gasteiger charge is 2.09. The Bertz CT molecular complexity index is 739. The number of aryl methyl sites for hydroxylation is 2. The largest absolute Gasteiger partial charge is 0.399 e. The van der Waals surface area contributed by atoms with Gasteiger partial charge in [-0.3, -0.25) is 4.98 Å². The van der Waals surface area contributed by atoms with Gasteiger partial charge in [-0.15, -0.1) is 0 Å². The molecule has 21 heavy (non-hydrogen) atoms. The Kier molecular flexibility index (Phi) is 3.96. The molecule has 0 bridgehead atoms. The Labute approximate surface area is 130 Å². The van der Waals surface area contributed by atoms with Gasteiger partial charge in [0.2, 0.25) is 11.7 Å². The van der Waals surface area contributed by atoms with Gasteiger partial charge < -0.3 is 10.3 Å². The number of nitrogens with two attached hydrogens (primary N) is 1. The molecule has 0 radical (unpaired) electrons. The van der Waals surface area contributed by atoms with Crippen LogP contribution < -0.4 is 5.73 Å². The molecule has 0 saturated heterocycles. The van der Waals surface area contributed by atoms with E-state index in [4.69, 9.17) is 10.3 Å². The zero-order valence-electron chi connectivity index (χ0n) is 11.2. The molecule has 3 aromatic rings. The second kappa shape index (κ2) is 6.05. The van der Waals surface area contributed by atoms with Gasteiger partial charge in [0.05, 0.1) is 0 Å². The lowest BCUT2D eigenvalue weighted by atomic mass is 10.1. The zero-order valence-corrected chi connectivity index (χ0v) is 12.7. The van der Waals surface area contributed by atoms with Crippen molar-refractivity contribution in [2.24, 2.45) is 0 Å². The van der Waals surface area contributed by atoms with E-state index >= 15 is 0 Å². The number of nitrogen functional groups attached to an aromatic ring is 1. The van der Waals surface area contributed by atoms with Gasteiger partial charge in [-0.25, -0.2) is 0 Å². The van der Waals surface area contributed by atoms with Crippen molar-refractivity contribution in [1.29, 1.82) is 0 Å². The lowest BCUT2D eigenvalue weighted by molar-refractivity contribution is 0.379. The summed E-state index contributed by atoms with van der Waals surface area (Å²) in [5.74, 6) is 1.16. The lowest BCUT2D eigenvalue weighted by Crippen LogP contribution is -1.92. The van der Waals surface area contributed by atoms with Gasteiger partial charge in [-0.2, -0.15) is 4.98 Å². The number of pyridine rings is 1. The second-order valence-electron chi connectivity index (χ2n) is 4.65. The smallest absolute Gasteiger partial charge is 0.227 e. The van der Waals surface area contributed by atoms with Crippen molar-refractivity contribution in [3.8, 4) is 11.4 Å². The first-order chi connectivity index (χ1) is 10.2. The van der Waals surface area contributed by atoms with Crippen molar-refractivity contribution < 1.29 is 4.52 Å². The fraction of sp³-hybridized carbons (Fsp3) is 0.133. The van der Waals surface area contributed by atoms with Crippen LogP contribution in [0.25, 0.3) is 11.4 Å². The highest BCUT2D eigenvalue weighted by Crippen LogP contribution is 2.19. The molecular formula is C15H13BrN4O. The first-order valence-corrected chi connectivity index (χ1v) is 7.28. The number of nitrogens with zero attached hydrogens (tertiary/aromatic N) is 3. The standard InChI is InChI=1S/C15H13BrN4O/c16-12-7-11(8-18-9-12)15-19-14(21-20-15)6-3-10-1-4-13(17)5-2-10/h1-2,4-5,7-9H,3,6,17H2. The summed E-state index contributed by atoms with van der Waals surface area (Å²) in [6.07, 6.45) is 4.95. The van der Waals surface area contributed by atoms with Crippen LogP contribution in [0, 0.1) is 0 Å². The predicted molar refractivity (Wildman–Crippen MR) is 83.5 cm³/mol. The fourth-order valence-electron chi connectivity index (χ4n) is 1.94. The maximum Gasteiger partial charge on any atom is 0.227 e. The lowest BCUT2D eigenvalue weighted by Gasteiger charge is -1.98. The number of benzene rings is 1. The van der Waals surface area contributed by atoms with Crippen molar-refractivity contribution >= 4 is 21.6 Å². The van der Waals surface area contributed by atoms with Crippen LogP contribution in [0.4, 0.5) is 5.69 Å². The molecule has 0 atom stereocenters. The van der Waals surface area contributed by atoms with E-state index in [1.165, 1.54) is 5.56 Å². The molecule has 6 heteroatoms. The first kappa shape index (κ1) is 13.8. The Morgan fingerprint density at radius 3 is 2.67 bits per heavy atom. The third-order valence-corrected chi connectivity index (χ3v) is 3.47. The van der Waals surface area contributed by atoms with E-state index in [2.05, 4.69) is 31.1 Å². The van der Waals surface area contributed by atoms with E-state index in [9.17, 15) is 0 Å². The van der Waals surface area contributed by atoms with Crippen LogP contribution in [0.1, 0.15) is 11.5 Å². The van der Waals surface area contributed by atoms with E-state index in [1.54, 1.807) is 12.4 Å². The molecule has 2 heterocycles. The minimum Gasteiger partial charge on any atom is -0.399 e. The summed E-state index contributed by atoms with van der Waals surface area (Å²) in [5.41, 5.74) is 8.44. The molecule has 0 amide bonds. The van der Waals surface area contributed by atoms with Crippen molar-refractivity contribution in [1.82, 2.24) is 15.1 Å².